The molecule has 0 radical (unpaired) electrons. The lowest BCUT2D eigenvalue weighted by Gasteiger charge is -2.16. The first-order valence-corrected chi connectivity index (χ1v) is 11.1. The third kappa shape index (κ3) is 4.43. The SMILES string of the molecule is COc1ccc(-n2c(C)cc(/C=C3\SC(=S)N(c4cccc(C(F)(F)F)c4)C3=O)c2C)cc1. The van der Waals surface area contributed by atoms with Crippen LogP contribution in [-0.2, 0) is 11.0 Å². The van der Waals surface area contributed by atoms with Gasteiger partial charge in [-0.15, -0.1) is 0 Å². The van der Waals surface area contributed by atoms with Crippen LogP contribution in [-0.4, -0.2) is 21.9 Å². The van der Waals surface area contributed by atoms with Crippen LogP contribution in [0.3, 0.4) is 0 Å². The van der Waals surface area contributed by atoms with Crippen molar-refractivity contribution in [1.29, 1.82) is 0 Å². The summed E-state index contributed by atoms with van der Waals surface area (Å²) in [5, 5.41) is 0. The zero-order valence-electron chi connectivity index (χ0n) is 17.9. The van der Waals surface area contributed by atoms with E-state index in [9.17, 15) is 18.0 Å². The molecule has 1 amide bonds. The van der Waals surface area contributed by atoms with Crippen LogP contribution in [0, 0.1) is 13.8 Å². The molecule has 0 unspecified atom stereocenters. The highest BCUT2D eigenvalue weighted by atomic mass is 32.2. The average molecular weight is 489 g/mol. The number of alkyl halides is 3. The van der Waals surface area contributed by atoms with E-state index in [1.54, 1.807) is 13.2 Å². The fourth-order valence-electron chi connectivity index (χ4n) is 3.72. The molecule has 1 fully saturated rings. The first-order valence-electron chi connectivity index (χ1n) is 9.88. The van der Waals surface area contributed by atoms with Gasteiger partial charge in [-0.2, -0.15) is 13.2 Å². The number of hydrogen-bond acceptors (Lipinski definition) is 4. The number of ether oxygens (including phenoxy) is 1. The van der Waals surface area contributed by atoms with Gasteiger partial charge in [-0.3, -0.25) is 9.69 Å². The van der Waals surface area contributed by atoms with E-state index in [1.165, 1.54) is 12.1 Å². The van der Waals surface area contributed by atoms with E-state index in [0.29, 0.717) is 4.91 Å². The standard InChI is InChI=1S/C24H19F3N2O2S2/c1-14-11-16(15(2)28(14)18-7-9-20(31-3)10-8-18)12-21-22(30)29(23(32)33-21)19-6-4-5-17(13-19)24(25,26)27/h4-13H,1-3H3/b21-12-. The first-order chi connectivity index (χ1) is 15.6. The summed E-state index contributed by atoms with van der Waals surface area (Å²) in [4.78, 5) is 14.6. The largest absolute Gasteiger partial charge is 0.497 e. The number of thiocarbonyl (C=S) groups is 1. The summed E-state index contributed by atoms with van der Waals surface area (Å²) in [5.41, 5.74) is 2.93. The van der Waals surface area contributed by atoms with Crippen molar-refractivity contribution in [1.82, 2.24) is 4.57 Å². The Kier molecular flexibility index (Phi) is 6.11. The number of nitrogens with zero attached hydrogens (tertiary/aromatic N) is 2. The van der Waals surface area contributed by atoms with Gasteiger partial charge in [-0.05, 0) is 74.0 Å². The molecule has 0 bridgehead atoms. The number of carbonyl (C=O) groups is 1. The lowest BCUT2D eigenvalue weighted by Crippen LogP contribution is -2.27. The molecule has 0 aliphatic carbocycles. The number of aromatic nitrogens is 1. The third-order valence-electron chi connectivity index (χ3n) is 5.31. The molecule has 170 valence electrons. The smallest absolute Gasteiger partial charge is 0.416 e. The first kappa shape index (κ1) is 23.1. The molecule has 4 rings (SSSR count). The molecular formula is C24H19F3N2O2S2. The predicted octanol–water partition coefficient (Wildman–Crippen LogP) is 6.53. The van der Waals surface area contributed by atoms with E-state index in [0.717, 1.165) is 57.2 Å². The Labute approximate surface area is 198 Å². The Morgan fingerprint density at radius 3 is 2.36 bits per heavy atom. The monoisotopic (exact) mass is 488 g/mol. The number of benzene rings is 2. The van der Waals surface area contributed by atoms with E-state index in [4.69, 9.17) is 17.0 Å². The minimum absolute atomic E-state index is 0.0967. The molecule has 1 aromatic heterocycles. The number of amides is 1. The number of aryl methyl sites for hydroxylation is 1. The second-order valence-corrected chi connectivity index (χ2v) is 9.10. The summed E-state index contributed by atoms with van der Waals surface area (Å²) in [6, 6.07) is 14.2. The van der Waals surface area contributed by atoms with Crippen LogP contribution in [0.5, 0.6) is 5.75 Å². The zero-order chi connectivity index (χ0) is 23.9. The maximum absolute atomic E-state index is 13.1. The Balaban J connectivity index is 1.67. The maximum atomic E-state index is 13.1. The molecule has 9 heteroatoms. The Hall–Kier alpha value is -3.04. The van der Waals surface area contributed by atoms with Crippen molar-refractivity contribution >= 4 is 46.0 Å². The molecule has 1 aliphatic rings. The molecule has 1 saturated heterocycles. The summed E-state index contributed by atoms with van der Waals surface area (Å²) >= 11 is 6.39. The number of carbonyl (C=O) groups excluding carboxylic acids is 1. The van der Waals surface area contributed by atoms with Crippen molar-refractivity contribution in [2.24, 2.45) is 0 Å². The van der Waals surface area contributed by atoms with Gasteiger partial charge in [0.25, 0.3) is 5.91 Å². The summed E-state index contributed by atoms with van der Waals surface area (Å²) < 4.78 is 46.8. The van der Waals surface area contributed by atoms with E-state index in [1.807, 2.05) is 44.2 Å². The lowest BCUT2D eigenvalue weighted by atomic mass is 10.1. The van der Waals surface area contributed by atoms with Crippen molar-refractivity contribution in [2.75, 3.05) is 12.0 Å². The van der Waals surface area contributed by atoms with Gasteiger partial charge in [-0.25, -0.2) is 0 Å². The number of anilines is 1. The fourth-order valence-corrected chi connectivity index (χ4v) is 5.01. The van der Waals surface area contributed by atoms with Crippen molar-refractivity contribution in [2.45, 2.75) is 20.0 Å². The molecule has 1 aliphatic heterocycles. The van der Waals surface area contributed by atoms with E-state index in [2.05, 4.69) is 4.57 Å². The van der Waals surface area contributed by atoms with Gasteiger partial charge in [0.05, 0.1) is 23.3 Å². The van der Waals surface area contributed by atoms with Gasteiger partial charge in [0, 0.05) is 17.1 Å². The number of halogens is 3. The Morgan fingerprint density at radius 1 is 1.03 bits per heavy atom. The van der Waals surface area contributed by atoms with Gasteiger partial charge in [0.15, 0.2) is 4.32 Å². The van der Waals surface area contributed by atoms with E-state index >= 15 is 0 Å². The van der Waals surface area contributed by atoms with Crippen molar-refractivity contribution < 1.29 is 22.7 Å². The Bertz CT molecular complexity index is 1280. The molecule has 4 nitrogen and oxygen atoms in total. The number of thioether (sulfide) groups is 1. The molecule has 33 heavy (non-hydrogen) atoms. The van der Waals surface area contributed by atoms with Crippen LogP contribution in [0.1, 0.15) is 22.5 Å². The van der Waals surface area contributed by atoms with E-state index < -0.39 is 17.6 Å². The van der Waals surface area contributed by atoms with Crippen LogP contribution < -0.4 is 9.64 Å². The number of methoxy groups -OCH3 is 1. The maximum Gasteiger partial charge on any atom is 0.416 e. The molecule has 2 heterocycles. The van der Waals surface area contributed by atoms with Crippen molar-refractivity contribution in [3.63, 3.8) is 0 Å². The van der Waals surface area contributed by atoms with Crippen molar-refractivity contribution in [3.8, 4) is 11.4 Å². The average Bonchev–Trinajstić information content (AvgIpc) is 3.21. The topological polar surface area (TPSA) is 34.5 Å². The van der Waals surface area contributed by atoms with Crippen LogP contribution in [0.25, 0.3) is 11.8 Å². The molecular weight excluding hydrogens is 469 g/mol. The van der Waals surface area contributed by atoms with Crippen LogP contribution in [0.15, 0.2) is 59.5 Å². The minimum Gasteiger partial charge on any atom is -0.497 e. The van der Waals surface area contributed by atoms with Crippen LogP contribution in [0.4, 0.5) is 18.9 Å². The van der Waals surface area contributed by atoms with Gasteiger partial charge >= 0.3 is 6.18 Å². The second kappa shape index (κ2) is 8.72. The number of rotatable bonds is 4. The highest BCUT2D eigenvalue weighted by Crippen LogP contribution is 2.39. The number of hydrogen-bond donors (Lipinski definition) is 0. The minimum atomic E-state index is -4.51. The molecule has 0 atom stereocenters. The summed E-state index contributed by atoms with van der Waals surface area (Å²) in [6.07, 6.45) is -2.78. The van der Waals surface area contributed by atoms with E-state index in [-0.39, 0.29) is 10.0 Å². The van der Waals surface area contributed by atoms with Gasteiger partial charge < -0.3 is 9.30 Å². The van der Waals surface area contributed by atoms with Crippen LogP contribution in [0.2, 0.25) is 0 Å². The molecule has 0 saturated carbocycles. The summed E-state index contributed by atoms with van der Waals surface area (Å²) in [5.74, 6) is 0.304. The van der Waals surface area contributed by atoms with Crippen LogP contribution >= 0.6 is 24.0 Å². The summed E-state index contributed by atoms with van der Waals surface area (Å²) in [7, 11) is 1.61. The molecule has 0 N–H and O–H groups in total. The molecule has 0 spiro atoms. The quantitative estimate of drug-likeness (QED) is 0.309. The molecule has 3 aromatic rings. The second-order valence-electron chi connectivity index (χ2n) is 7.43. The fraction of sp³-hybridized carbons (Fsp3) is 0.167. The lowest BCUT2D eigenvalue weighted by molar-refractivity contribution is -0.137. The van der Waals surface area contributed by atoms with Gasteiger partial charge in [-0.1, -0.05) is 30.0 Å². The van der Waals surface area contributed by atoms with Crippen molar-refractivity contribution in [3.05, 3.63) is 82.0 Å². The highest BCUT2D eigenvalue weighted by molar-refractivity contribution is 8.27. The predicted molar refractivity (Wildman–Crippen MR) is 129 cm³/mol. The third-order valence-corrected chi connectivity index (χ3v) is 6.62. The molecule has 2 aromatic carbocycles. The highest BCUT2D eigenvalue weighted by Gasteiger charge is 2.36. The van der Waals surface area contributed by atoms with Gasteiger partial charge in [0.1, 0.15) is 5.75 Å². The summed E-state index contributed by atoms with van der Waals surface area (Å²) in [6.45, 7) is 3.90. The Morgan fingerprint density at radius 2 is 1.73 bits per heavy atom. The normalized spacial score (nSPS) is 15.6. The zero-order valence-corrected chi connectivity index (χ0v) is 19.6. The van der Waals surface area contributed by atoms with Gasteiger partial charge in [0.2, 0.25) is 0 Å².